The molecule has 2 rings (SSSR count). The van der Waals surface area contributed by atoms with Crippen LogP contribution in [0.1, 0.15) is 11.1 Å². The Morgan fingerprint density at radius 2 is 1.62 bits per heavy atom. The van der Waals surface area contributed by atoms with Crippen LogP contribution in [0.3, 0.4) is 0 Å². The van der Waals surface area contributed by atoms with E-state index in [1.54, 1.807) is 32.4 Å². The molecule has 0 atom stereocenters. The highest BCUT2D eigenvalue weighted by Crippen LogP contribution is 2.32. The van der Waals surface area contributed by atoms with Crippen molar-refractivity contribution in [3.63, 3.8) is 0 Å². The van der Waals surface area contributed by atoms with E-state index in [9.17, 15) is 4.79 Å². The lowest BCUT2D eigenvalue weighted by Gasteiger charge is -2.12. The molecule has 0 N–H and O–H groups in total. The third-order valence-electron chi connectivity index (χ3n) is 3.05. The van der Waals surface area contributed by atoms with Gasteiger partial charge < -0.3 is 9.47 Å². The molecule has 0 fully saturated rings. The second-order valence-corrected chi connectivity index (χ2v) is 4.69. The largest absolute Gasteiger partial charge is 0.493 e. The third kappa shape index (κ3) is 3.44. The fraction of sp³-hybridized carbons (Fsp3) is 0.118. The summed E-state index contributed by atoms with van der Waals surface area (Å²) in [6, 6.07) is 12.7. The molecule has 0 aliphatic carbocycles. The van der Waals surface area contributed by atoms with E-state index in [2.05, 4.69) is 0 Å². The third-order valence-corrected chi connectivity index (χ3v) is 3.31. The Labute approximate surface area is 128 Å². The lowest BCUT2D eigenvalue weighted by Crippen LogP contribution is -1.94. The second kappa shape index (κ2) is 6.95. The Balaban J connectivity index is 2.51. The number of hydrogen-bond acceptors (Lipinski definition) is 3. The molecule has 1 radical (unpaired) electrons. The molecule has 0 aliphatic heterocycles. The van der Waals surface area contributed by atoms with Gasteiger partial charge in [0.1, 0.15) is 0 Å². The first kappa shape index (κ1) is 15.1. The van der Waals surface area contributed by atoms with Crippen LogP contribution < -0.4 is 9.47 Å². The van der Waals surface area contributed by atoms with Crippen molar-refractivity contribution in [2.45, 2.75) is 0 Å². The van der Waals surface area contributed by atoms with Crippen LogP contribution in [-0.2, 0) is 4.79 Å². The average Bonchev–Trinajstić information content (AvgIpc) is 2.53. The van der Waals surface area contributed by atoms with Gasteiger partial charge in [0.15, 0.2) is 11.5 Å². The zero-order valence-electron chi connectivity index (χ0n) is 11.7. The number of rotatable bonds is 5. The van der Waals surface area contributed by atoms with Gasteiger partial charge in [-0.15, -0.1) is 0 Å². The summed E-state index contributed by atoms with van der Waals surface area (Å²) in [5.41, 5.74) is 2.44. The average molecular weight is 302 g/mol. The highest BCUT2D eigenvalue weighted by molar-refractivity contribution is 6.30. The topological polar surface area (TPSA) is 35.5 Å². The molecule has 2 aromatic carbocycles. The van der Waals surface area contributed by atoms with Crippen LogP contribution >= 0.6 is 11.6 Å². The number of ether oxygens (including phenoxy) is 2. The predicted molar refractivity (Wildman–Crippen MR) is 83.8 cm³/mol. The molecule has 4 heteroatoms. The van der Waals surface area contributed by atoms with Gasteiger partial charge in [0, 0.05) is 5.02 Å². The van der Waals surface area contributed by atoms with Crippen molar-refractivity contribution in [3.05, 3.63) is 64.7 Å². The SMILES string of the molecule is COc1ccc(C(=C[C]=O)c2ccc(Cl)cc2)cc1OC. The number of allylic oxidation sites excluding steroid dienone is 1. The molecule has 0 bridgehead atoms. The van der Waals surface area contributed by atoms with Crippen molar-refractivity contribution in [1.29, 1.82) is 0 Å². The predicted octanol–water partition coefficient (Wildman–Crippen LogP) is 3.90. The van der Waals surface area contributed by atoms with Crippen molar-refractivity contribution < 1.29 is 14.3 Å². The number of halogens is 1. The van der Waals surface area contributed by atoms with E-state index < -0.39 is 0 Å². The molecule has 0 heterocycles. The molecule has 21 heavy (non-hydrogen) atoms. The Bertz CT molecular complexity index is 660. The van der Waals surface area contributed by atoms with Gasteiger partial charge in [-0.2, -0.15) is 0 Å². The van der Waals surface area contributed by atoms with Crippen LogP contribution in [0.15, 0.2) is 48.5 Å². The van der Waals surface area contributed by atoms with E-state index in [0.29, 0.717) is 16.5 Å². The summed E-state index contributed by atoms with van der Waals surface area (Å²) in [5.74, 6) is 1.23. The summed E-state index contributed by atoms with van der Waals surface area (Å²) in [5, 5.41) is 0.639. The first-order chi connectivity index (χ1) is 10.2. The molecule has 0 amide bonds. The Morgan fingerprint density at radius 1 is 1.00 bits per heavy atom. The molecule has 0 aromatic heterocycles. The normalized spacial score (nSPS) is 11.1. The fourth-order valence-electron chi connectivity index (χ4n) is 2.03. The summed E-state index contributed by atoms with van der Waals surface area (Å²) in [7, 11) is 3.14. The Hall–Kier alpha value is -2.26. The van der Waals surface area contributed by atoms with Gasteiger partial charge in [0.25, 0.3) is 0 Å². The maximum absolute atomic E-state index is 10.8. The highest BCUT2D eigenvalue weighted by Gasteiger charge is 2.10. The van der Waals surface area contributed by atoms with E-state index in [0.717, 1.165) is 16.7 Å². The zero-order chi connectivity index (χ0) is 15.2. The second-order valence-electron chi connectivity index (χ2n) is 4.25. The van der Waals surface area contributed by atoms with Gasteiger partial charge in [0.2, 0.25) is 6.29 Å². The van der Waals surface area contributed by atoms with Crippen molar-refractivity contribution in [2.75, 3.05) is 14.2 Å². The maximum Gasteiger partial charge on any atom is 0.226 e. The molecule has 0 aliphatic rings. The molecular weight excluding hydrogens is 288 g/mol. The summed E-state index contributed by atoms with van der Waals surface area (Å²) in [4.78, 5) is 10.8. The Kier molecular flexibility index (Phi) is 5.01. The van der Waals surface area contributed by atoms with Crippen LogP contribution in [0.2, 0.25) is 5.02 Å². The van der Waals surface area contributed by atoms with Gasteiger partial charge >= 0.3 is 0 Å². The summed E-state index contributed by atoms with van der Waals surface area (Å²) in [6.07, 6.45) is 3.22. The van der Waals surface area contributed by atoms with Gasteiger partial charge in [-0.05, 0) is 47.0 Å². The summed E-state index contributed by atoms with van der Waals surface area (Å²) in [6.45, 7) is 0. The minimum Gasteiger partial charge on any atom is -0.493 e. The first-order valence-corrected chi connectivity index (χ1v) is 6.63. The van der Waals surface area contributed by atoms with Crippen molar-refractivity contribution >= 4 is 23.5 Å². The molecule has 0 spiro atoms. The van der Waals surface area contributed by atoms with Crippen LogP contribution in [0.4, 0.5) is 0 Å². The minimum absolute atomic E-state index is 0.598. The number of benzene rings is 2. The standard InChI is InChI=1S/C17H14ClO3/c1-20-16-8-5-13(11-17(16)21-2)15(9-10-19)12-3-6-14(18)7-4-12/h3-9,11H,1-2H3. The van der Waals surface area contributed by atoms with E-state index in [1.165, 1.54) is 6.08 Å². The first-order valence-electron chi connectivity index (χ1n) is 6.25. The van der Waals surface area contributed by atoms with Crippen molar-refractivity contribution in [3.8, 4) is 11.5 Å². The minimum atomic E-state index is 0.598. The monoisotopic (exact) mass is 301 g/mol. The van der Waals surface area contributed by atoms with Crippen molar-refractivity contribution in [2.24, 2.45) is 0 Å². The summed E-state index contributed by atoms with van der Waals surface area (Å²) >= 11 is 5.89. The molecule has 0 unspecified atom stereocenters. The van der Waals surface area contributed by atoms with Gasteiger partial charge in [-0.1, -0.05) is 29.8 Å². The summed E-state index contributed by atoms with van der Waals surface area (Å²) < 4.78 is 10.5. The lowest BCUT2D eigenvalue weighted by molar-refractivity contribution is 0.355. The maximum atomic E-state index is 10.8. The molecule has 2 aromatic rings. The molecule has 0 saturated carbocycles. The molecular formula is C17H14ClO3. The van der Waals surface area contributed by atoms with Crippen molar-refractivity contribution in [1.82, 2.24) is 0 Å². The fourth-order valence-corrected chi connectivity index (χ4v) is 2.15. The smallest absolute Gasteiger partial charge is 0.226 e. The quantitative estimate of drug-likeness (QED) is 0.786. The van der Waals surface area contributed by atoms with Gasteiger partial charge in [0.05, 0.1) is 14.2 Å². The van der Waals surface area contributed by atoms with E-state index in [1.807, 2.05) is 30.6 Å². The number of hydrogen-bond donors (Lipinski definition) is 0. The molecule has 3 nitrogen and oxygen atoms in total. The number of carbonyl (C=O) groups excluding carboxylic acids is 1. The molecule has 107 valence electrons. The Morgan fingerprint density at radius 3 is 2.19 bits per heavy atom. The van der Waals surface area contributed by atoms with Crippen LogP contribution in [0.5, 0.6) is 11.5 Å². The van der Waals surface area contributed by atoms with Crippen LogP contribution in [0.25, 0.3) is 5.57 Å². The highest BCUT2D eigenvalue weighted by atomic mass is 35.5. The van der Waals surface area contributed by atoms with E-state index >= 15 is 0 Å². The molecule has 0 saturated heterocycles. The van der Waals surface area contributed by atoms with Crippen LogP contribution in [0, 0.1) is 0 Å². The number of methoxy groups -OCH3 is 2. The van der Waals surface area contributed by atoms with E-state index in [4.69, 9.17) is 21.1 Å². The zero-order valence-corrected chi connectivity index (χ0v) is 12.5. The van der Waals surface area contributed by atoms with E-state index in [-0.39, 0.29) is 0 Å². The lowest BCUT2D eigenvalue weighted by atomic mass is 9.97. The van der Waals surface area contributed by atoms with Gasteiger partial charge in [-0.25, -0.2) is 0 Å². The van der Waals surface area contributed by atoms with Gasteiger partial charge in [-0.3, -0.25) is 4.79 Å². The van der Waals surface area contributed by atoms with Crippen LogP contribution in [-0.4, -0.2) is 20.5 Å².